The number of hydrogen-bond donors (Lipinski definition) is 3. The number of rotatable bonds is 5. The Hall–Kier alpha value is -2.08. The van der Waals surface area contributed by atoms with E-state index in [1.807, 2.05) is 18.2 Å². The lowest BCUT2D eigenvalue weighted by molar-refractivity contribution is -0.116. The third-order valence-electron chi connectivity index (χ3n) is 5.26. The van der Waals surface area contributed by atoms with Crippen molar-refractivity contribution in [2.24, 2.45) is 4.99 Å². The summed E-state index contributed by atoms with van der Waals surface area (Å²) in [4.78, 5) is 18.8. The van der Waals surface area contributed by atoms with Gasteiger partial charge in [-0.2, -0.15) is 0 Å². The number of para-hydroxylation sites is 1. The van der Waals surface area contributed by atoms with Gasteiger partial charge in [-0.25, -0.2) is 0 Å². The Bertz CT molecular complexity index is 630. The first-order chi connectivity index (χ1) is 12.2. The van der Waals surface area contributed by atoms with Crippen molar-refractivity contribution < 1.29 is 4.79 Å². The second kappa shape index (κ2) is 8.34. The van der Waals surface area contributed by atoms with Crippen LogP contribution in [0.4, 0.5) is 5.69 Å². The summed E-state index contributed by atoms with van der Waals surface area (Å²) in [6.45, 7) is 6.13. The van der Waals surface area contributed by atoms with Crippen LogP contribution < -0.4 is 16.0 Å². The zero-order chi connectivity index (χ0) is 17.6. The topological polar surface area (TPSA) is 68.8 Å². The number of anilines is 1. The molecule has 0 radical (unpaired) electrons. The van der Waals surface area contributed by atoms with Crippen LogP contribution in [0.1, 0.15) is 37.7 Å². The van der Waals surface area contributed by atoms with Gasteiger partial charge in [0.1, 0.15) is 0 Å². The average molecular weight is 343 g/mol. The number of benzene rings is 1. The second-order valence-corrected chi connectivity index (χ2v) is 6.80. The highest BCUT2D eigenvalue weighted by Gasteiger charge is 2.25. The van der Waals surface area contributed by atoms with Crippen LogP contribution in [0.25, 0.3) is 0 Å². The normalized spacial score (nSPS) is 23.9. The van der Waals surface area contributed by atoms with Crippen LogP contribution in [0.2, 0.25) is 0 Å². The van der Waals surface area contributed by atoms with Crippen molar-refractivity contribution in [3.05, 3.63) is 29.8 Å². The molecule has 0 saturated carbocycles. The molecule has 3 rings (SSSR count). The maximum atomic E-state index is 11.9. The average Bonchev–Trinajstić information content (AvgIpc) is 3.09. The molecule has 6 nitrogen and oxygen atoms in total. The second-order valence-electron chi connectivity index (χ2n) is 6.80. The largest absolute Gasteiger partial charge is 0.356 e. The molecule has 6 heteroatoms. The van der Waals surface area contributed by atoms with E-state index in [2.05, 4.69) is 38.8 Å². The van der Waals surface area contributed by atoms with E-state index in [1.54, 1.807) is 7.05 Å². The molecule has 2 unspecified atom stereocenters. The smallest absolute Gasteiger partial charge is 0.225 e. The van der Waals surface area contributed by atoms with Gasteiger partial charge in [0.2, 0.25) is 5.91 Å². The highest BCUT2D eigenvalue weighted by atomic mass is 16.1. The zero-order valence-corrected chi connectivity index (χ0v) is 15.2. The molecule has 2 heterocycles. The first-order valence-corrected chi connectivity index (χ1v) is 9.28. The summed E-state index contributed by atoms with van der Waals surface area (Å²) in [5.41, 5.74) is 2.12. The fourth-order valence-corrected chi connectivity index (χ4v) is 3.88. The van der Waals surface area contributed by atoms with E-state index in [-0.39, 0.29) is 11.8 Å². The Balaban J connectivity index is 1.54. The van der Waals surface area contributed by atoms with Gasteiger partial charge >= 0.3 is 0 Å². The third-order valence-corrected chi connectivity index (χ3v) is 5.26. The van der Waals surface area contributed by atoms with Gasteiger partial charge in [0.15, 0.2) is 5.96 Å². The van der Waals surface area contributed by atoms with Crippen LogP contribution in [0.5, 0.6) is 0 Å². The number of amides is 1. The molecule has 25 heavy (non-hydrogen) atoms. The van der Waals surface area contributed by atoms with E-state index < -0.39 is 0 Å². The molecule has 0 bridgehead atoms. The van der Waals surface area contributed by atoms with Crippen LogP contribution in [0.3, 0.4) is 0 Å². The van der Waals surface area contributed by atoms with Gasteiger partial charge in [-0.1, -0.05) is 25.1 Å². The number of likely N-dealkylation sites (N-methyl/N-ethyl adjacent to an activating group) is 1. The molecule has 2 atom stereocenters. The molecule has 0 spiro atoms. The van der Waals surface area contributed by atoms with Crippen LogP contribution in [0.15, 0.2) is 29.3 Å². The fourth-order valence-electron chi connectivity index (χ4n) is 3.88. The number of fused-ring (bicyclic) bond motifs is 1. The summed E-state index contributed by atoms with van der Waals surface area (Å²) >= 11 is 0. The lowest BCUT2D eigenvalue weighted by atomic mass is 9.90. The molecule has 3 N–H and O–H groups in total. The monoisotopic (exact) mass is 343 g/mol. The minimum atomic E-state index is 0.0815. The molecule has 136 valence electrons. The number of guanidine groups is 1. The molecular formula is C19H29N5O. The Labute approximate surface area is 150 Å². The molecule has 0 aromatic heterocycles. The first-order valence-electron chi connectivity index (χ1n) is 9.28. The maximum absolute atomic E-state index is 11.9. The Morgan fingerprint density at radius 3 is 2.92 bits per heavy atom. The molecular weight excluding hydrogens is 314 g/mol. The number of aliphatic imine (C=N–C) groups is 1. The fraction of sp³-hybridized carbons (Fsp3) is 0.579. The minimum Gasteiger partial charge on any atom is -0.356 e. The summed E-state index contributed by atoms with van der Waals surface area (Å²) in [5, 5.41) is 9.79. The molecule has 2 aliphatic heterocycles. The molecule has 1 saturated heterocycles. The molecule has 0 aliphatic carbocycles. The number of hydrogen-bond acceptors (Lipinski definition) is 3. The lowest BCUT2D eigenvalue weighted by Gasteiger charge is -2.27. The van der Waals surface area contributed by atoms with Crippen molar-refractivity contribution in [1.29, 1.82) is 0 Å². The molecule has 1 aromatic carbocycles. The Kier molecular flexibility index (Phi) is 5.91. The van der Waals surface area contributed by atoms with Crippen molar-refractivity contribution in [3.8, 4) is 0 Å². The van der Waals surface area contributed by atoms with Crippen LogP contribution in [0, 0.1) is 0 Å². The summed E-state index contributed by atoms with van der Waals surface area (Å²) in [6.07, 6.45) is 3.03. The van der Waals surface area contributed by atoms with Crippen LogP contribution in [-0.4, -0.2) is 56.0 Å². The van der Waals surface area contributed by atoms with E-state index >= 15 is 0 Å². The lowest BCUT2D eigenvalue weighted by Crippen LogP contribution is -2.46. The highest BCUT2D eigenvalue weighted by Crippen LogP contribution is 2.31. The summed E-state index contributed by atoms with van der Waals surface area (Å²) in [5.74, 6) is 1.06. The SMILES string of the molecule is CCN1CCCC1CNC(=NC)NCC1CC(=O)Nc2ccccc21. The van der Waals surface area contributed by atoms with Gasteiger partial charge in [0, 0.05) is 44.2 Å². The van der Waals surface area contributed by atoms with Gasteiger partial charge in [-0.15, -0.1) is 0 Å². The Morgan fingerprint density at radius 2 is 2.12 bits per heavy atom. The molecule has 1 amide bonds. The van der Waals surface area contributed by atoms with Gasteiger partial charge in [0.25, 0.3) is 0 Å². The van der Waals surface area contributed by atoms with Crippen molar-refractivity contribution in [2.45, 2.75) is 38.1 Å². The molecule has 2 aliphatic rings. The van der Waals surface area contributed by atoms with Gasteiger partial charge in [-0.05, 0) is 37.6 Å². The predicted octanol–water partition coefficient (Wildman–Crippen LogP) is 1.76. The van der Waals surface area contributed by atoms with E-state index in [1.165, 1.54) is 24.9 Å². The molecule has 1 aromatic rings. The van der Waals surface area contributed by atoms with Gasteiger partial charge < -0.3 is 16.0 Å². The quantitative estimate of drug-likeness (QED) is 0.563. The Morgan fingerprint density at radius 1 is 1.32 bits per heavy atom. The van der Waals surface area contributed by atoms with E-state index in [0.29, 0.717) is 19.0 Å². The maximum Gasteiger partial charge on any atom is 0.225 e. The predicted molar refractivity (Wildman–Crippen MR) is 102 cm³/mol. The summed E-state index contributed by atoms with van der Waals surface area (Å²) in [7, 11) is 1.79. The van der Waals surface area contributed by atoms with Crippen molar-refractivity contribution in [3.63, 3.8) is 0 Å². The summed E-state index contributed by atoms with van der Waals surface area (Å²) in [6, 6.07) is 8.62. The zero-order valence-electron chi connectivity index (χ0n) is 15.2. The van der Waals surface area contributed by atoms with Crippen molar-refractivity contribution >= 4 is 17.6 Å². The first kappa shape index (κ1) is 17.7. The van der Waals surface area contributed by atoms with Gasteiger partial charge in [-0.3, -0.25) is 14.7 Å². The number of likely N-dealkylation sites (tertiary alicyclic amines) is 1. The van der Waals surface area contributed by atoms with Crippen LogP contribution in [-0.2, 0) is 4.79 Å². The minimum absolute atomic E-state index is 0.0815. The van der Waals surface area contributed by atoms with E-state index in [9.17, 15) is 4.79 Å². The van der Waals surface area contributed by atoms with Crippen LogP contribution >= 0.6 is 0 Å². The number of carbonyl (C=O) groups excluding carboxylic acids is 1. The van der Waals surface area contributed by atoms with Crippen molar-refractivity contribution in [1.82, 2.24) is 15.5 Å². The standard InChI is InChI=1S/C19H29N5O/c1-3-24-10-6-7-15(24)13-22-19(20-2)21-12-14-11-18(25)23-17-9-5-4-8-16(14)17/h4-5,8-9,14-15H,3,6-7,10-13H2,1-2H3,(H,23,25)(H2,20,21,22). The number of nitrogens with one attached hydrogen (secondary N) is 3. The number of carbonyl (C=O) groups is 1. The summed E-state index contributed by atoms with van der Waals surface area (Å²) < 4.78 is 0. The van der Waals surface area contributed by atoms with Gasteiger partial charge in [0.05, 0.1) is 0 Å². The number of nitrogens with zero attached hydrogens (tertiary/aromatic N) is 2. The molecule has 1 fully saturated rings. The van der Waals surface area contributed by atoms with Crippen molar-refractivity contribution in [2.75, 3.05) is 38.5 Å². The third kappa shape index (κ3) is 4.31. The van der Waals surface area contributed by atoms with E-state index in [0.717, 1.165) is 24.7 Å². The highest BCUT2D eigenvalue weighted by molar-refractivity contribution is 5.94. The van der Waals surface area contributed by atoms with E-state index in [4.69, 9.17) is 0 Å².